The predicted molar refractivity (Wildman–Crippen MR) is 130 cm³/mol. The number of hydrogen-bond donors (Lipinski definition) is 3. The fourth-order valence-electron chi connectivity index (χ4n) is 3.33. The lowest BCUT2D eigenvalue weighted by Crippen LogP contribution is -2.48. The Morgan fingerprint density at radius 2 is 1.69 bits per heavy atom. The summed E-state index contributed by atoms with van der Waals surface area (Å²) in [4.78, 5) is 25.9. The molecule has 190 valence electrons. The zero-order valence-corrected chi connectivity index (χ0v) is 20.5. The van der Waals surface area contributed by atoms with E-state index in [9.17, 15) is 27.9 Å². The normalized spacial score (nSPS) is 15.1. The van der Waals surface area contributed by atoms with Gasteiger partial charge in [-0.3, -0.25) is 15.0 Å². The molecule has 2 aromatic heterocycles. The third-order valence-electron chi connectivity index (χ3n) is 5.28. The first kappa shape index (κ1) is 25.8. The number of alkyl halides is 3. The number of thiophene rings is 2. The molecule has 1 aliphatic heterocycles. The number of aromatic hydroxyl groups is 1. The van der Waals surface area contributed by atoms with Gasteiger partial charge in [-0.2, -0.15) is 18.3 Å². The standard InChI is InChI=1S/C23H21F3N4O4S2/c1-13(16-12-35-20(19(16)31)14-2-4-15(5-3-14)23(24,25)26)27-28-21(32)17-6-7-18(36-17)22(33)29-30-8-10-34-11-9-30/h2-7,12,31H,8-11H2,1H3,(H,28,32)(H,29,33). The van der Waals surface area contributed by atoms with Gasteiger partial charge in [0.1, 0.15) is 5.75 Å². The molecule has 3 N–H and O–H groups in total. The number of carbonyl (C=O) groups excluding carboxylic acids is 2. The number of amides is 2. The van der Waals surface area contributed by atoms with Crippen LogP contribution >= 0.6 is 22.7 Å². The summed E-state index contributed by atoms with van der Waals surface area (Å²) in [5, 5.41) is 18.0. The number of ether oxygens (including phenoxy) is 1. The number of nitrogens with zero attached hydrogens (tertiary/aromatic N) is 2. The van der Waals surface area contributed by atoms with Gasteiger partial charge in [0.15, 0.2) is 0 Å². The second kappa shape index (κ2) is 10.8. The van der Waals surface area contributed by atoms with E-state index in [0.29, 0.717) is 52.9 Å². The largest absolute Gasteiger partial charge is 0.506 e. The number of hydrogen-bond acceptors (Lipinski definition) is 8. The van der Waals surface area contributed by atoms with Gasteiger partial charge in [0.25, 0.3) is 11.8 Å². The number of hydrazone groups is 1. The summed E-state index contributed by atoms with van der Waals surface area (Å²) >= 11 is 2.16. The van der Waals surface area contributed by atoms with Gasteiger partial charge in [-0.1, -0.05) is 12.1 Å². The second-order valence-electron chi connectivity index (χ2n) is 7.74. The maximum atomic E-state index is 12.8. The monoisotopic (exact) mass is 538 g/mol. The van der Waals surface area contributed by atoms with E-state index in [0.717, 1.165) is 34.8 Å². The van der Waals surface area contributed by atoms with Crippen LogP contribution in [0.5, 0.6) is 5.75 Å². The van der Waals surface area contributed by atoms with Crippen molar-refractivity contribution in [2.45, 2.75) is 13.1 Å². The van der Waals surface area contributed by atoms with E-state index in [4.69, 9.17) is 4.74 Å². The van der Waals surface area contributed by atoms with Crippen molar-refractivity contribution >= 4 is 40.2 Å². The van der Waals surface area contributed by atoms with Crippen LogP contribution in [0.3, 0.4) is 0 Å². The van der Waals surface area contributed by atoms with Gasteiger partial charge in [0.2, 0.25) is 0 Å². The number of halogens is 3. The molecule has 1 aromatic carbocycles. The molecular formula is C23H21F3N4O4S2. The molecule has 0 spiro atoms. The third kappa shape index (κ3) is 5.93. The Bertz CT molecular complexity index is 1280. The zero-order valence-electron chi connectivity index (χ0n) is 18.9. The van der Waals surface area contributed by atoms with E-state index >= 15 is 0 Å². The highest BCUT2D eigenvalue weighted by Crippen LogP contribution is 2.40. The molecule has 4 rings (SSSR count). The highest BCUT2D eigenvalue weighted by atomic mass is 32.1. The average molecular weight is 539 g/mol. The van der Waals surface area contributed by atoms with E-state index in [2.05, 4.69) is 16.0 Å². The van der Waals surface area contributed by atoms with Crippen molar-refractivity contribution in [3.8, 4) is 16.2 Å². The molecule has 36 heavy (non-hydrogen) atoms. The smallest absolute Gasteiger partial charge is 0.416 e. The molecular weight excluding hydrogens is 517 g/mol. The molecule has 1 fully saturated rings. The molecule has 8 nitrogen and oxygen atoms in total. The molecule has 2 amide bonds. The quantitative estimate of drug-likeness (QED) is 0.320. The summed E-state index contributed by atoms with van der Waals surface area (Å²) in [6, 6.07) is 7.54. The van der Waals surface area contributed by atoms with E-state index < -0.39 is 17.6 Å². The van der Waals surface area contributed by atoms with Crippen molar-refractivity contribution in [1.82, 2.24) is 15.9 Å². The lowest BCUT2D eigenvalue weighted by molar-refractivity contribution is -0.137. The number of benzene rings is 1. The molecule has 0 radical (unpaired) electrons. The summed E-state index contributed by atoms with van der Waals surface area (Å²) in [5.41, 5.74) is 5.46. The Balaban J connectivity index is 1.40. The van der Waals surface area contributed by atoms with Crippen molar-refractivity contribution in [2.75, 3.05) is 26.3 Å². The van der Waals surface area contributed by atoms with Gasteiger partial charge in [0.05, 0.1) is 44.7 Å². The van der Waals surface area contributed by atoms with Crippen LogP contribution < -0.4 is 10.9 Å². The highest BCUT2D eigenvalue weighted by Gasteiger charge is 2.30. The molecule has 3 heterocycles. The topological polar surface area (TPSA) is 103 Å². The van der Waals surface area contributed by atoms with Crippen LogP contribution in [0.2, 0.25) is 0 Å². The summed E-state index contributed by atoms with van der Waals surface area (Å²) in [6.45, 7) is 3.79. The molecule has 0 atom stereocenters. The lowest BCUT2D eigenvalue weighted by atomic mass is 10.1. The molecule has 0 unspecified atom stereocenters. The molecule has 3 aromatic rings. The predicted octanol–water partition coefficient (Wildman–Crippen LogP) is 4.33. The Labute approximate surface area is 212 Å². The van der Waals surface area contributed by atoms with Gasteiger partial charge in [-0.15, -0.1) is 22.7 Å². The minimum Gasteiger partial charge on any atom is -0.506 e. The first-order valence-corrected chi connectivity index (χ1v) is 12.4. The minimum absolute atomic E-state index is 0.145. The zero-order chi connectivity index (χ0) is 25.9. The highest BCUT2D eigenvalue weighted by molar-refractivity contribution is 7.16. The van der Waals surface area contributed by atoms with Crippen LogP contribution in [-0.4, -0.2) is 53.9 Å². The van der Waals surface area contributed by atoms with Crippen molar-refractivity contribution in [3.63, 3.8) is 0 Å². The SMILES string of the molecule is CC(=NNC(=O)c1ccc(C(=O)NN2CCOCC2)s1)c1csc(-c2ccc(C(F)(F)F)cc2)c1O. The Hall–Kier alpha value is -3.26. The fourth-order valence-corrected chi connectivity index (χ4v) is 5.13. The number of carbonyl (C=O) groups is 2. The van der Waals surface area contributed by atoms with Crippen molar-refractivity contribution < 1.29 is 32.6 Å². The molecule has 0 aliphatic carbocycles. The molecule has 1 aliphatic rings. The van der Waals surface area contributed by atoms with Crippen molar-refractivity contribution in [3.05, 3.63) is 62.7 Å². The van der Waals surface area contributed by atoms with Gasteiger partial charge in [0, 0.05) is 18.5 Å². The van der Waals surface area contributed by atoms with E-state index in [1.165, 1.54) is 18.2 Å². The van der Waals surface area contributed by atoms with Gasteiger partial charge in [-0.25, -0.2) is 10.4 Å². The number of morpholine rings is 1. The third-order valence-corrected chi connectivity index (χ3v) is 7.38. The van der Waals surface area contributed by atoms with Crippen molar-refractivity contribution in [2.24, 2.45) is 5.10 Å². The van der Waals surface area contributed by atoms with Gasteiger partial charge < -0.3 is 9.84 Å². The minimum atomic E-state index is -4.45. The van der Waals surface area contributed by atoms with Crippen LogP contribution in [0.4, 0.5) is 13.2 Å². The number of hydrazine groups is 1. The van der Waals surface area contributed by atoms with Crippen LogP contribution in [0.1, 0.15) is 37.4 Å². The molecule has 13 heteroatoms. The van der Waals surface area contributed by atoms with Gasteiger partial charge >= 0.3 is 6.18 Å². The second-order valence-corrected chi connectivity index (χ2v) is 9.71. The fraction of sp³-hybridized carbons (Fsp3) is 0.261. The summed E-state index contributed by atoms with van der Waals surface area (Å²) in [5.74, 6) is -0.990. The van der Waals surface area contributed by atoms with Crippen molar-refractivity contribution in [1.29, 1.82) is 0 Å². The van der Waals surface area contributed by atoms with Crippen LogP contribution in [0, 0.1) is 0 Å². The van der Waals surface area contributed by atoms with Crippen LogP contribution in [-0.2, 0) is 10.9 Å². The summed E-state index contributed by atoms with van der Waals surface area (Å²) in [6.07, 6.45) is -4.45. The Morgan fingerprint density at radius 3 is 2.33 bits per heavy atom. The number of nitrogens with one attached hydrogen (secondary N) is 2. The summed E-state index contributed by atoms with van der Waals surface area (Å²) in [7, 11) is 0. The first-order chi connectivity index (χ1) is 17.1. The lowest BCUT2D eigenvalue weighted by Gasteiger charge is -2.26. The molecule has 1 saturated heterocycles. The maximum Gasteiger partial charge on any atom is 0.416 e. The number of rotatable bonds is 6. The van der Waals surface area contributed by atoms with Crippen LogP contribution in [0.15, 0.2) is 46.9 Å². The van der Waals surface area contributed by atoms with Crippen LogP contribution in [0.25, 0.3) is 10.4 Å². The summed E-state index contributed by atoms with van der Waals surface area (Å²) < 4.78 is 43.6. The van der Waals surface area contributed by atoms with E-state index in [1.54, 1.807) is 23.4 Å². The average Bonchev–Trinajstić information content (AvgIpc) is 3.50. The Kier molecular flexibility index (Phi) is 7.73. The maximum absolute atomic E-state index is 12.8. The van der Waals surface area contributed by atoms with E-state index in [-0.39, 0.29) is 16.5 Å². The van der Waals surface area contributed by atoms with E-state index in [1.807, 2.05) is 0 Å². The molecule has 0 bridgehead atoms. The van der Waals surface area contributed by atoms with Gasteiger partial charge in [-0.05, 0) is 36.8 Å². The Morgan fingerprint density at radius 1 is 1.06 bits per heavy atom. The first-order valence-electron chi connectivity index (χ1n) is 10.7. The molecule has 0 saturated carbocycles.